The molecule has 6 rings (SSSR count). The molecule has 9 nitrogen and oxygen atoms in total. The minimum absolute atomic E-state index is 0.112. The van der Waals surface area contributed by atoms with E-state index in [-0.39, 0.29) is 12.1 Å². The first kappa shape index (κ1) is 19.4. The number of hydrogen-bond donors (Lipinski definition) is 0. The zero-order valence-corrected chi connectivity index (χ0v) is 18.2. The molecular formula is C23H26N8O. The standard InChI is InChI=1S/C23H26N8O/c1-29-14-25-22-20(29)10-24-23(26-22)30-11-16-8-19(21(32-2)9-17(16)12-30)31-13-18(27-28-31)15-6-4-3-5-7-15/h3-7,10,13-14,16-17,19,21H,8-9,11-12H2,1-2H3/t16-,17+,19-,21-/m1/s1. The highest BCUT2D eigenvalue weighted by molar-refractivity contribution is 5.71. The van der Waals surface area contributed by atoms with Gasteiger partial charge in [-0.2, -0.15) is 4.98 Å². The van der Waals surface area contributed by atoms with Crippen LogP contribution in [-0.4, -0.2) is 60.8 Å². The Morgan fingerprint density at radius 3 is 2.66 bits per heavy atom. The van der Waals surface area contributed by atoms with Crippen LogP contribution < -0.4 is 4.90 Å². The molecule has 0 N–H and O–H groups in total. The van der Waals surface area contributed by atoms with E-state index in [0.29, 0.717) is 11.8 Å². The molecule has 164 valence electrons. The topological polar surface area (TPSA) is 86.8 Å². The molecule has 4 heterocycles. The molecule has 4 aromatic rings. The lowest BCUT2D eigenvalue weighted by Gasteiger charge is -2.36. The van der Waals surface area contributed by atoms with Crippen LogP contribution in [0.2, 0.25) is 0 Å². The lowest BCUT2D eigenvalue weighted by atomic mass is 9.77. The molecule has 1 saturated carbocycles. The summed E-state index contributed by atoms with van der Waals surface area (Å²) in [5.74, 6) is 1.86. The van der Waals surface area contributed by atoms with Gasteiger partial charge in [-0.1, -0.05) is 35.5 Å². The number of methoxy groups -OCH3 is 1. The molecule has 1 aliphatic heterocycles. The highest BCUT2D eigenvalue weighted by atomic mass is 16.5. The Kier molecular flexibility index (Phi) is 4.64. The first-order valence-corrected chi connectivity index (χ1v) is 11.1. The van der Waals surface area contributed by atoms with Gasteiger partial charge in [0.15, 0.2) is 5.65 Å². The van der Waals surface area contributed by atoms with Crippen LogP contribution in [0.25, 0.3) is 22.4 Å². The number of nitrogens with zero attached hydrogens (tertiary/aromatic N) is 8. The second-order valence-electron chi connectivity index (χ2n) is 8.92. The molecule has 1 saturated heterocycles. The maximum absolute atomic E-state index is 5.93. The number of rotatable bonds is 4. The predicted molar refractivity (Wildman–Crippen MR) is 120 cm³/mol. The van der Waals surface area contributed by atoms with Gasteiger partial charge in [0.2, 0.25) is 5.95 Å². The Balaban J connectivity index is 1.23. The van der Waals surface area contributed by atoms with E-state index in [4.69, 9.17) is 9.72 Å². The Morgan fingerprint density at radius 2 is 1.84 bits per heavy atom. The monoisotopic (exact) mass is 430 g/mol. The fraction of sp³-hybridized carbons (Fsp3) is 0.435. The molecule has 32 heavy (non-hydrogen) atoms. The van der Waals surface area contributed by atoms with Crippen molar-refractivity contribution in [1.82, 2.24) is 34.5 Å². The predicted octanol–water partition coefficient (Wildman–Crippen LogP) is 2.72. The van der Waals surface area contributed by atoms with Gasteiger partial charge in [-0.3, -0.25) is 0 Å². The molecule has 1 aromatic carbocycles. The number of imidazole rings is 1. The smallest absolute Gasteiger partial charge is 0.227 e. The van der Waals surface area contributed by atoms with Crippen LogP contribution in [-0.2, 0) is 11.8 Å². The molecule has 0 bridgehead atoms. The SMILES string of the molecule is CO[C@@H]1C[C@H]2CN(c3ncc4c(ncn4C)n3)C[C@H]2C[C@H]1n1cc(-c2ccccc2)nn1. The van der Waals surface area contributed by atoms with Gasteiger partial charge in [-0.25, -0.2) is 14.6 Å². The van der Waals surface area contributed by atoms with Crippen LogP contribution in [0.3, 0.4) is 0 Å². The number of fused-ring (bicyclic) bond motifs is 2. The van der Waals surface area contributed by atoms with Gasteiger partial charge >= 0.3 is 0 Å². The van der Waals surface area contributed by atoms with Crippen molar-refractivity contribution in [1.29, 1.82) is 0 Å². The van der Waals surface area contributed by atoms with Crippen molar-refractivity contribution in [2.75, 3.05) is 25.1 Å². The van der Waals surface area contributed by atoms with Gasteiger partial charge in [-0.05, 0) is 24.7 Å². The number of aromatic nitrogens is 7. The number of hydrogen-bond acceptors (Lipinski definition) is 7. The van der Waals surface area contributed by atoms with E-state index in [1.807, 2.05) is 40.7 Å². The lowest BCUT2D eigenvalue weighted by Crippen LogP contribution is -2.37. The summed E-state index contributed by atoms with van der Waals surface area (Å²) in [4.78, 5) is 16.0. The quantitative estimate of drug-likeness (QED) is 0.492. The molecule has 0 radical (unpaired) electrons. The van der Waals surface area contributed by atoms with Crippen molar-refractivity contribution >= 4 is 17.1 Å². The summed E-state index contributed by atoms with van der Waals surface area (Å²) in [6.07, 6.45) is 7.81. The Bertz CT molecular complexity index is 1240. The zero-order valence-electron chi connectivity index (χ0n) is 18.2. The van der Waals surface area contributed by atoms with Gasteiger partial charge in [0, 0.05) is 32.8 Å². The maximum atomic E-state index is 5.93. The highest BCUT2D eigenvalue weighted by Gasteiger charge is 2.44. The van der Waals surface area contributed by atoms with E-state index >= 15 is 0 Å². The molecule has 3 aromatic heterocycles. The van der Waals surface area contributed by atoms with Crippen molar-refractivity contribution < 1.29 is 4.74 Å². The van der Waals surface area contributed by atoms with Gasteiger partial charge in [0.1, 0.15) is 11.2 Å². The van der Waals surface area contributed by atoms with Crippen molar-refractivity contribution in [2.24, 2.45) is 18.9 Å². The zero-order chi connectivity index (χ0) is 21.7. The summed E-state index contributed by atoms with van der Waals surface area (Å²) < 4.78 is 9.88. The van der Waals surface area contributed by atoms with E-state index in [1.54, 1.807) is 13.4 Å². The van der Waals surface area contributed by atoms with Gasteiger partial charge in [0.25, 0.3) is 0 Å². The fourth-order valence-corrected chi connectivity index (χ4v) is 5.32. The highest BCUT2D eigenvalue weighted by Crippen LogP contribution is 2.43. The molecule has 2 fully saturated rings. The summed E-state index contributed by atoms with van der Waals surface area (Å²) in [5, 5.41) is 8.91. The first-order valence-electron chi connectivity index (χ1n) is 11.1. The number of aryl methyl sites for hydroxylation is 1. The molecule has 0 unspecified atom stereocenters. The van der Waals surface area contributed by atoms with Crippen molar-refractivity contribution in [2.45, 2.75) is 25.0 Å². The van der Waals surface area contributed by atoms with E-state index in [9.17, 15) is 0 Å². The third-order valence-electron chi connectivity index (χ3n) is 7.06. The van der Waals surface area contributed by atoms with Crippen LogP contribution in [0.5, 0.6) is 0 Å². The molecule has 0 spiro atoms. The summed E-state index contributed by atoms with van der Waals surface area (Å²) in [5.41, 5.74) is 3.67. The summed E-state index contributed by atoms with van der Waals surface area (Å²) in [6.45, 7) is 1.89. The summed E-state index contributed by atoms with van der Waals surface area (Å²) >= 11 is 0. The molecule has 1 aliphatic carbocycles. The average molecular weight is 431 g/mol. The maximum Gasteiger partial charge on any atom is 0.227 e. The third-order valence-corrected chi connectivity index (χ3v) is 7.06. The van der Waals surface area contributed by atoms with Gasteiger partial charge in [-0.15, -0.1) is 5.10 Å². The van der Waals surface area contributed by atoms with E-state index in [2.05, 4.69) is 43.5 Å². The second kappa shape index (κ2) is 7.67. The van der Waals surface area contributed by atoms with Crippen LogP contribution >= 0.6 is 0 Å². The van der Waals surface area contributed by atoms with Crippen LogP contribution in [0, 0.1) is 11.8 Å². The van der Waals surface area contributed by atoms with Crippen molar-refractivity contribution in [3.8, 4) is 11.3 Å². The molecule has 9 heteroatoms. The number of anilines is 1. The third kappa shape index (κ3) is 3.24. The minimum atomic E-state index is 0.112. The number of ether oxygens (including phenoxy) is 1. The molecule has 2 aliphatic rings. The summed E-state index contributed by atoms with van der Waals surface area (Å²) in [6, 6.07) is 10.4. The molecular weight excluding hydrogens is 404 g/mol. The average Bonchev–Trinajstić information content (AvgIpc) is 3.57. The Labute approximate surface area is 186 Å². The van der Waals surface area contributed by atoms with Crippen molar-refractivity contribution in [3.63, 3.8) is 0 Å². The van der Waals surface area contributed by atoms with E-state index < -0.39 is 0 Å². The number of benzene rings is 1. The second-order valence-corrected chi connectivity index (χ2v) is 8.92. The molecule has 4 atom stereocenters. The summed E-state index contributed by atoms with van der Waals surface area (Å²) in [7, 11) is 3.76. The Hall–Kier alpha value is -3.33. The first-order chi connectivity index (χ1) is 15.7. The van der Waals surface area contributed by atoms with Crippen LogP contribution in [0.4, 0.5) is 5.95 Å². The lowest BCUT2D eigenvalue weighted by molar-refractivity contribution is -0.00541. The van der Waals surface area contributed by atoms with Gasteiger partial charge < -0.3 is 14.2 Å². The fourth-order valence-electron chi connectivity index (χ4n) is 5.32. The van der Waals surface area contributed by atoms with Crippen LogP contribution in [0.1, 0.15) is 18.9 Å². The molecule has 0 amide bonds. The van der Waals surface area contributed by atoms with Gasteiger partial charge in [0.05, 0.1) is 30.9 Å². The van der Waals surface area contributed by atoms with E-state index in [1.165, 1.54) is 0 Å². The normalized spacial score (nSPS) is 25.4. The minimum Gasteiger partial charge on any atom is -0.379 e. The van der Waals surface area contributed by atoms with Crippen molar-refractivity contribution in [3.05, 3.63) is 49.1 Å². The largest absolute Gasteiger partial charge is 0.379 e. The van der Waals surface area contributed by atoms with E-state index in [0.717, 1.165) is 54.3 Å². The van der Waals surface area contributed by atoms with Crippen LogP contribution in [0.15, 0.2) is 49.1 Å². The Morgan fingerprint density at radius 1 is 1.03 bits per heavy atom.